The molecular weight excluding hydrogens is 318 g/mol. The van der Waals surface area contributed by atoms with Gasteiger partial charge in [-0.25, -0.2) is 17.5 Å². The summed E-state index contributed by atoms with van der Waals surface area (Å²) in [6.07, 6.45) is 1.61. The van der Waals surface area contributed by atoms with Crippen LogP contribution in [0.25, 0.3) is 0 Å². The van der Waals surface area contributed by atoms with Crippen LogP contribution in [-0.2, 0) is 10.0 Å². The predicted octanol–water partition coefficient (Wildman–Crippen LogP) is 0.443. The molecule has 0 aliphatic carbocycles. The minimum atomic E-state index is -3.16. The largest absolute Gasteiger partial charge is 0.387 e. The number of hydrogen-bond acceptors (Lipinski definition) is 4. The van der Waals surface area contributed by atoms with Crippen LogP contribution in [0, 0.1) is 0 Å². The SMILES string of the molecule is CS(=O)(=O)N1CCC(NC(=O)NC[C@@H](O)c2ccccc2)CC1. The highest BCUT2D eigenvalue weighted by Crippen LogP contribution is 2.13. The highest BCUT2D eigenvalue weighted by atomic mass is 32.2. The second-order valence-corrected chi connectivity index (χ2v) is 7.70. The van der Waals surface area contributed by atoms with Crippen LogP contribution in [0.5, 0.6) is 0 Å². The van der Waals surface area contributed by atoms with E-state index in [0.29, 0.717) is 25.9 Å². The van der Waals surface area contributed by atoms with Gasteiger partial charge in [0.15, 0.2) is 0 Å². The van der Waals surface area contributed by atoms with Gasteiger partial charge in [0.25, 0.3) is 0 Å². The number of piperidine rings is 1. The minimum absolute atomic E-state index is 0.0538. The van der Waals surface area contributed by atoms with Crippen molar-refractivity contribution in [2.24, 2.45) is 0 Å². The third kappa shape index (κ3) is 5.49. The van der Waals surface area contributed by atoms with E-state index in [9.17, 15) is 18.3 Å². The van der Waals surface area contributed by atoms with E-state index in [1.165, 1.54) is 10.6 Å². The van der Waals surface area contributed by atoms with E-state index in [-0.39, 0.29) is 18.6 Å². The molecule has 1 fully saturated rings. The first kappa shape index (κ1) is 17.7. The molecule has 0 saturated carbocycles. The lowest BCUT2D eigenvalue weighted by atomic mass is 10.1. The second-order valence-electron chi connectivity index (χ2n) is 5.72. The molecule has 8 heteroatoms. The Bertz CT molecular complexity index is 613. The maximum atomic E-state index is 11.9. The van der Waals surface area contributed by atoms with E-state index in [0.717, 1.165) is 5.56 Å². The molecule has 2 rings (SSSR count). The Hall–Kier alpha value is -1.64. The number of benzene rings is 1. The molecule has 1 aromatic carbocycles. The van der Waals surface area contributed by atoms with Crippen molar-refractivity contribution in [3.63, 3.8) is 0 Å². The van der Waals surface area contributed by atoms with Crippen molar-refractivity contribution in [2.45, 2.75) is 25.0 Å². The molecule has 23 heavy (non-hydrogen) atoms. The first-order valence-corrected chi connectivity index (χ1v) is 9.43. The first-order chi connectivity index (χ1) is 10.9. The minimum Gasteiger partial charge on any atom is -0.387 e. The summed E-state index contributed by atoms with van der Waals surface area (Å²) >= 11 is 0. The zero-order chi connectivity index (χ0) is 16.9. The monoisotopic (exact) mass is 341 g/mol. The van der Waals surface area contributed by atoms with Crippen molar-refractivity contribution in [1.82, 2.24) is 14.9 Å². The number of carbonyl (C=O) groups excluding carboxylic acids is 1. The summed E-state index contributed by atoms with van der Waals surface area (Å²) in [6.45, 7) is 0.949. The van der Waals surface area contributed by atoms with Crippen LogP contribution in [0.3, 0.4) is 0 Å². The molecule has 0 aromatic heterocycles. The van der Waals surface area contributed by atoms with Gasteiger partial charge < -0.3 is 15.7 Å². The van der Waals surface area contributed by atoms with Gasteiger partial charge in [-0.3, -0.25) is 0 Å². The fourth-order valence-electron chi connectivity index (χ4n) is 2.55. The summed E-state index contributed by atoms with van der Waals surface area (Å²) in [5.74, 6) is 0. The average molecular weight is 341 g/mol. The van der Waals surface area contributed by atoms with E-state index < -0.39 is 16.1 Å². The van der Waals surface area contributed by atoms with Crippen molar-refractivity contribution in [1.29, 1.82) is 0 Å². The highest BCUT2D eigenvalue weighted by molar-refractivity contribution is 7.88. The summed E-state index contributed by atoms with van der Waals surface area (Å²) < 4.78 is 24.3. The maximum Gasteiger partial charge on any atom is 0.315 e. The molecule has 1 heterocycles. The Labute approximate surface area is 136 Å². The summed E-state index contributed by atoms with van der Waals surface area (Å²) in [6, 6.07) is 8.71. The van der Waals surface area contributed by atoms with Gasteiger partial charge in [-0.1, -0.05) is 30.3 Å². The molecule has 0 spiro atoms. The molecule has 1 aromatic rings. The molecule has 1 saturated heterocycles. The first-order valence-electron chi connectivity index (χ1n) is 7.59. The maximum absolute atomic E-state index is 11.9. The summed E-state index contributed by atoms with van der Waals surface area (Å²) in [5.41, 5.74) is 0.745. The molecular formula is C15H23N3O4S. The van der Waals surface area contributed by atoms with Crippen molar-refractivity contribution >= 4 is 16.1 Å². The number of aliphatic hydroxyl groups is 1. The number of amides is 2. The molecule has 0 radical (unpaired) electrons. The van der Waals surface area contributed by atoms with E-state index in [4.69, 9.17) is 0 Å². The van der Waals surface area contributed by atoms with Crippen LogP contribution >= 0.6 is 0 Å². The van der Waals surface area contributed by atoms with Gasteiger partial charge in [0.1, 0.15) is 0 Å². The number of sulfonamides is 1. The predicted molar refractivity (Wildman–Crippen MR) is 87.4 cm³/mol. The molecule has 3 N–H and O–H groups in total. The number of hydrogen-bond donors (Lipinski definition) is 3. The molecule has 1 aliphatic rings. The number of urea groups is 1. The van der Waals surface area contributed by atoms with Crippen LogP contribution in [0.1, 0.15) is 24.5 Å². The summed E-state index contributed by atoms with van der Waals surface area (Å²) in [4.78, 5) is 11.9. The van der Waals surface area contributed by atoms with Crippen LogP contribution in [-0.4, -0.2) is 55.8 Å². The fraction of sp³-hybridized carbons (Fsp3) is 0.533. The lowest BCUT2D eigenvalue weighted by Gasteiger charge is -2.30. The van der Waals surface area contributed by atoms with E-state index in [1.54, 1.807) is 12.1 Å². The number of nitrogens with zero attached hydrogens (tertiary/aromatic N) is 1. The highest BCUT2D eigenvalue weighted by Gasteiger charge is 2.25. The van der Waals surface area contributed by atoms with Crippen molar-refractivity contribution in [3.05, 3.63) is 35.9 Å². The van der Waals surface area contributed by atoms with Crippen LogP contribution in [0.4, 0.5) is 4.79 Å². The molecule has 128 valence electrons. The summed E-state index contributed by atoms with van der Waals surface area (Å²) in [7, 11) is -3.16. The van der Waals surface area contributed by atoms with E-state index in [2.05, 4.69) is 10.6 Å². The fourth-order valence-corrected chi connectivity index (χ4v) is 3.42. The topological polar surface area (TPSA) is 98.7 Å². The molecule has 1 atom stereocenters. The van der Waals surface area contributed by atoms with Crippen molar-refractivity contribution in [3.8, 4) is 0 Å². The molecule has 7 nitrogen and oxygen atoms in total. The molecule has 2 amide bonds. The van der Waals surface area contributed by atoms with Gasteiger partial charge in [0.05, 0.1) is 12.4 Å². The Morgan fingerprint density at radius 3 is 2.48 bits per heavy atom. The summed E-state index contributed by atoms with van der Waals surface area (Å²) in [5, 5.41) is 15.4. The van der Waals surface area contributed by atoms with Crippen molar-refractivity contribution < 1.29 is 18.3 Å². The van der Waals surface area contributed by atoms with Gasteiger partial charge in [-0.05, 0) is 18.4 Å². The van der Waals surface area contributed by atoms with Crippen LogP contribution in [0.15, 0.2) is 30.3 Å². The van der Waals surface area contributed by atoms with Gasteiger partial charge in [0.2, 0.25) is 10.0 Å². The molecule has 1 aliphatic heterocycles. The number of nitrogens with one attached hydrogen (secondary N) is 2. The smallest absolute Gasteiger partial charge is 0.315 e. The lowest BCUT2D eigenvalue weighted by Crippen LogP contribution is -2.49. The quantitative estimate of drug-likeness (QED) is 0.724. The Morgan fingerprint density at radius 2 is 1.91 bits per heavy atom. The molecule has 0 unspecified atom stereocenters. The Balaban J connectivity index is 1.72. The third-order valence-electron chi connectivity index (χ3n) is 3.90. The van der Waals surface area contributed by atoms with E-state index in [1.807, 2.05) is 18.2 Å². The number of aliphatic hydroxyl groups excluding tert-OH is 1. The average Bonchev–Trinajstić information content (AvgIpc) is 2.53. The normalized spacial score (nSPS) is 18.3. The zero-order valence-corrected chi connectivity index (χ0v) is 13.9. The number of carbonyl (C=O) groups is 1. The zero-order valence-electron chi connectivity index (χ0n) is 13.1. The Morgan fingerprint density at radius 1 is 1.30 bits per heavy atom. The standard InChI is InChI=1S/C15H23N3O4S/c1-23(21,22)18-9-7-13(8-10-18)17-15(20)16-11-14(19)12-5-3-2-4-6-12/h2-6,13-14,19H,7-11H2,1H3,(H2,16,17,20)/t14-/m1/s1. The Kier molecular flexibility index (Phi) is 5.97. The van der Waals surface area contributed by atoms with Crippen LogP contribution < -0.4 is 10.6 Å². The van der Waals surface area contributed by atoms with Gasteiger partial charge >= 0.3 is 6.03 Å². The number of rotatable bonds is 5. The molecule has 0 bridgehead atoms. The lowest BCUT2D eigenvalue weighted by molar-refractivity contribution is 0.171. The van der Waals surface area contributed by atoms with Crippen LogP contribution in [0.2, 0.25) is 0 Å². The van der Waals surface area contributed by atoms with Gasteiger partial charge in [-0.15, -0.1) is 0 Å². The van der Waals surface area contributed by atoms with Gasteiger partial charge in [-0.2, -0.15) is 0 Å². The second kappa shape index (κ2) is 7.76. The van der Waals surface area contributed by atoms with Gasteiger partial charge in [0, 0.05) is 25.7 Å². The van der Waals surface area contributed by atoms with E-state index >= 15 is 0 Å². The third-order valence-corrected chi connectivity index (χ3v) is 5.20. The van der Waals surface area contributed by atoms with Crippen molar-refractivity contribution in [2.75, 3.05) is 25.9 Å².